The van der Waals surface area contributed by atoms with E-state index in [0.29, 0.717) is 11.5 Å². The van der Waals surface area contributed by atoms with Crippen LogP contribution in [0.1, 0.15) is 39.2 Å². The fourth-order valence-corrected chi connectivity index (χ4v) is 2.66. The van der Waals surface area contributed by atoms with E-state index in [-0.39, 0.29) is 0 Å². The van der Waals surface area contributed by atoms with Gasteiger partial charge in [-0.1, -0.05) is 44.9 Å². The molecule has 0 amide bonds. The number of fused-ring (bicyclic) bond motifs is 1. The molecule has 3 nitrogen and oxygen atoms in total. The summed E-state index contributed by atoms with van der Waals surface area (Å²) in [5.41, 5.74) is 1.60. The SMILES string of the molecule is CCC(CC)CN(CC)c1cc(C#N)c2ccccc2n1. The van der Waals surface area contributed by atoms with Crippen LogP contribution in [-0.2, 0) is 0 Å². The quantitative estimate of drug-likeness (QED) is 0.789. The first kappa shape index (κ1) is 15.3. The first-order valence-electron chi connectivity index (χ1n) is 7.78. The van der Waals surface area contributed by atoms with Gasteiger partial charge in [-0.25, -0.2) is 4.98 Å². The number of pyridine rings is 1. The number of nitriles is 1. The van der Waals surface area contributed by atoms with E-state index in [9.17, 15) is 5.26 Å². The third kappa shape index (κ3) is 3.33. The van der Waals surface area contributed by atoms with Crippen LogP contribution >= 0.6 is 0 Å². The van der Waals surface area contributed by atoms with Gasteiger partial charge in [0.1, 0.15) is 5.82 Å². The molecule has 0 radical (unpaired) electrons. The topological polar surface area (TPSA) is 39.9 Å². The van der Waals surface area contributed by atoms with Crippen molar-refractivity contribution in [1.29, 1.82) is 5.26 Å². The molecule has 1 heterocycles. The highest BCUT2D eigenvalue weighted by Gasteiger charge is 2.14. The lowest BCUT2D eigenvalue weighted by Crippen LogP contribution is -2.29. The number of rotatable bonds is 6. The van der Waals surface area contributed by atoms with Gasteiger partial charge < -0.3 is 4.90 Å². The molecule has 0 saturated carbocycles. The Morgan fingerprint density at radius 2 is 1.90 bits per heavy atom. The average Bonchev–Trinajstić information content (AvgIpc) is 2.55. The zero-order valence-electron chi connectivity index (χ0n) is 13.1. The lowest BCUT2D eigenvalue weighted by atomic mass is 10.0. The summed E-state index contributed by atoms with van der Waals surface area (Å²) in [6, 6.07) is 12.1. The van der Waals surface area contributed by atoms with Crippen molar-refractivity contribution in [3.8, 4) is 6.07 Å². The summed E-state index contributed by atoms with van der Waals surface area (Å²) in [5.74, 6) is 1.59. The second-order valence-electron chi connectivity index (χ2n) is 5.38. The molecule has 110 valence electrons. The van der Waals surface area contributed by atoms with Gasteiger partial charge in [0.05, 0.1) is 17.1 Å². The van der Waals surface area contributed by atoms with E-state index in [4.69, 9.17) is 4.98 Å². The molecule has 0 spiro atoms. The van der Waals surface area contributed by atoms with Crippen LogP contribution < -0.4 is 4.90 Å². The smallest absolute Gasteiger partial charge is 0.130 e. The first-order valence-corrected chi connectivity index (χ1v) is 7.78. The predicted molar refractivity (Wildman–Crippen MR) is 88.4 cm³/mol. The molecule has 3 heteroatoms. The summed E-state index contributed by atoms with van der Waals surface area (Å²) >= 11 is 0. The number of hydrogen-bond donors (Lipinski definition) is 0. The Balaban J connectivity index is 2.42. The molecule has 0 unspecified atom stereocenters. The average molecular weight is 281 g/mol. The Kier molecular flexibility index (Phi) is 5.16. The van der Waals surface area contributed by atoms with Crippen LogP contribution in [0.15, 0.2) is 30.3 Å². The number of nitrogens with zero attached hydrogens (tertiary/aromatic N) is 3. The summed E-state index contributed by atoms with van der Waals surface area (Å²) in [6.07, 6.45) is 2.34. The van der Waals surface area contributed by atoms with Crippen LogP contribution in [0.2, 0.25) is 0 Å². The van der Waals surface area contributed by atoms with Crippen molar-refractivity contribution in [3.05, 3.63) is 35.9 Å². The van der Waals surface area contributed by atoms with Crippen molar-refractivity contribution in [2.45, 2.75) is 33.6 Å². The maximum atomic E-state index is 9.39. The van der Waals surface area contributed by atoms with Crippen molar-refractivity contribution in [3.63, 3.8) is 0 Å². The fraction of sp³-hybridized carbons (Fsp3) is 0.444. The molecular weight excluding hydrogens is 258 g/mol. The van der Waals surface area contributed by atoms with E-state index < -0.39 is 0 Å². The van der Waals surface area contributed by atoms with E-state index >= 15 is 0 Å². The molecule has 2 rings (SSSR count). The van der Waals surface area contributed by atoms with Crippen molar-refractivity contribution in [2.75, 3.05) is 18.0 Å². The van der Waals surface area contributed by atoms with Gasteiger partial charge in [0.15, 0.2) is 0 Å². The van der Waals surface area contributed by atoms with Crippen LogP contribution in [0.4, 0.5) is 5.82 Å². The highest BCUT2D eigenvalue weighted by atomic mass is 15.2. The minimum Gasteiger partial charge on any atom is -0.357 e. The van der Waals surface area contributed by atoms with Crippen LogP contribution in [0, 0.1) is 17.2 Å². The van der Waals surface area contributed by atoms with E-state index in [1.165, 1.54) is 12.8 Å². The molecule has 0 aliphatic heterocycles. The monoisotopic (exact) mass is 281 g/mol. The van der Waals surface area contributed by atoms with E-state index in [2.05, 4.69) is 31.7 Å². The minimum absolute atomic E-state index is 0.670. The molecule has 1 aromatic heterocycles. The molecule has 0 aliphatic rings. The predicted octanol–water partition coefficient (Wildman–Crippen LogP) is 4.37. The van der Waals surface area contributed by atoms with Crippen LogP contribution in [-0.4, -0.2) is 18.1 Å². The molecule has 0 saturated heterocycles. The van der Waals surface area contributed by atoms with Gasteiger partial charge in [0, 0.05) is 18.5 Å². The summed E-state index contributed by atoms with van der Waals surface area (Å²) in [5, 5.41) is 10.3. The lowest BCUT2D eigenvalue weighted by Gasteiger charge is -2.26. The molecule has 2 aromatic rings. The Hall–Kier alpha value is -2.08. The van der Waals surface area contributed by atoms with Crippen LogP contribution in [0.5, 0.6) is 0 Å². The van der Waals surface area contributed by atoms with Crippen molar-refractivity contribution >= 4 is 16.7 Å². The Morgan fingerprint density at radius 3 is 2.52 bits per heavy atom. The molecular formula is C18H23N3. The molecule has 0 fully saturated rings. The minimum atomic E-state index is 0.670. The Bertz CT molecular complexity index is 638. The highest BCUT2D eigenvalue weighted by molar-refractivity contribution is 5.86. The first-order chi connectivity index (χ1) is 10.2. The zero-order valence-corrected chi connectivity index (χ0v) is 13.1. The fourth-order valence-electron chi connectivity index (χ4n) is 2.66. The van der Waals surface area contributed by atoms with E-state index in [0.717, 1.165) is 29.8 Å². The van der Waals surface area contributed by atoms with Gasteiger partial charge in [-0.15, -0.1) is 0 Å². The van der Waals surface area contributed by atoms with Gasteiger partial charge in [0.2, 0.25) is 0 Å². The Morgan fingerprint density at radius 1 is 1.19 bits per heavy atom. The molecule has 0 aliphatic carbocycles. The third-order valence-corrected chi connectivity index (χ3v) is 4.16. The summed E-state index contributed by atoms with van der Waals surface area (Å²) in [7, 11) is 0. The maximum Gasteiger partial charge on any atom is 0.130 e. The van der Waals surface area contributed by atoms with Gasteiger partial charge in [-0.05, 0) is 25.0 Å². The largest absolute Gasteiger partial charge is 0.357 e. The normalized spacial score (nSPS) is 10.8. The van der Waals surface area contributed by atoms with Crippen molar-refractivity contribution in [2.24, 2.45) is 5.92 Å². The highest BCUT2D eigenvalue weighted by Crippen LogP contribution is 2.23. The number of anilines is 1. The summed E-state index contributed by atoms with van der Waals surface area (Å²) < 4.78 is 0. The zero-order chi connectivity index (χ0) is 15.2. The number of hydrogen-bond acceptors (Lipinski definition) is 3. The third-order valence-electron chi connectivity index (χ3n) is 4.16. The van der Waals surface area contributed by atoms with Gasteiger partial charge >= 0.3 is 0 Å². The van der Waals surface area contributed by atoms with E-state index in [1.807, 2.05) is 30.3 Å². The summed E-state index contributed by atoms with van der Waals surface area (Å²) in [6.45, 7) is 8.52. The summed E-state index contributed by atoms with van der Waals surface area (Å²) in [4.78, 5) is 7.03. The number of para-hydroxylation sites is 1. The number of benzene rings is 1. The van der Waals surface area contributed by atoms with E-state index in [1.54, 1.807) is 0 Å². The second-order valence-corrected chi connectivity index (χ2v) is 5.38. The second kappa shape index (κ2) is 7.08. The molecule has 0 bridgehead atoms. The maximum absolute atomic E-state index is 9.39. The molecule has 0 atom stereocenters. The van der Waals surface area contributed by atoms with Gasteiger partial charge in [-0.2, -0.15) is 5.26 Å². The van der Waals surface area contributed by atoms with Crippen LogP contribution in [0.25, 0.3) is 10.9 Å². The van der Waals surface area contributed by atoms with Gasteiger partial charge in [-0.3, -0.25) is 0 Å². The van der Waals surface area contributed by atoms with Crippen LogP contribution in [0.3, 0.4) is 0 Å². The lowest BCUT2D eigenvalue weighted by molar-refractivity contribution is 0.484. The molecule has 21 heavy (non-hydrogen) atoms. The van der Waals surface area contributed by atoms with Gasteiger partial charge in [0.25, 0.3) is 0 Å². The standard InChI is InChI=1S/C18H23N3/c1-4-14(5-2)13-21(6-3)18-11-15(12-19)16-9-7-8-10-17(16)20-18/h7-11,14H,4-6,13H2,1-3H3. The Labute approximate surface area is 127 Å². The number of aromatic nitrogens is 1. The van der Waals surface area contributed by atoms with Crippen molar-refractivity contribution in [1.82, 2.24) is 4.98 Å². The molecule has 0 N–H and O–H groups in total. The molecule has 1 aromatic carbocycles. The van der Waals surface area contributed by atoms with Crippen molar-refractivity contribution < 1.29 is 0 Å².